The molecule has 1 aliphatic heterocycles. The highest BCUT2D eigenvalue weighted by Gasteiger charge is 2.25. The summed E-state index contributed by atoms with van der Waals surface area (Å²) < 4.78 is 0. The Morgan fingerprint density at radius 1 is 1.19 bits per heavy atom. The minimum absolute atomic E-state index is 0.278. The van der Waals surface area contributed by atoms with E-state index in [1.807, 2.05) is 0 Å². The van der Waals surface area contributed by atoms with Crippen LogP contribution in [-0.2, 0) is 12.8 Å². The number of hydrogen-bond acceptors (Lipinski definition) is 3. The smallest absolute Gasteiger partial charge is 0.336 e. The van der Waals surface area contributed by atoms with Crippen molar-refractivity contribution in [1.29, 1.82) is 0 Å². The zero-order valence-electron chi connectivity index (χ0n) is 18.5. The van der Waals surface area contributed by atoms with Gasteiger partial charge in [0.25, 0.3) is 0 Å². The van der Waals surface area contributed by atoms with Crippen LogP contribution in [0.3, 0.4) is 0 Å². The number of nitrogens with zero attached hydrogens (tertiary/aromatic N) is 2. The first-order chi connectivity index (χ1) is 15.0. The number of hydrogen-bond donors (Lipinski definition) is 1. The maximum atomic E-state index is 11.5. The Morgan fingerprint density at radius 3 is 2.77 bits per heavy atom. The first-order valence-electron chi connectivity index (χ1n) is 11.0. The Labute approximate surface area is 184 Å². The number of carboxylic acids is 1. The summed E-state index contributed by atoms with van der Waals surface area (Å²) in [5.74, 6) is -0.405. The summed E-state index contributed by atoms with van der Waals surface area (Å²) in [7, 11) is 2.16. The quantitative estimate of drug-likeness (QED) is 0.559. The van der Waals surface area contributed by atoms with Crippen LogP contribution < -0.4 is 0 Å². The van der Waals surface area contributed by atoms with Crippen LogP contribution in [-0.4, -0.2) is 34.6 Å². The molecule has 0 saturated carbocycles. The molecule has 1 aliphatic rings. The minimum atomic E-state index is -0.886. The van der Waals surface area contributed by atoms with Gasteiger partial charge in [-0.05, 0) is 71.7 Å². The molecule has 31 heavy (non-hydrogen) atoms. The fraction of sp³-hybridized carbons (Fsp3) is 0.333. The van der Waals surface area contributed by atoms with Gasteiger partial charge in [0.05, 0.1) is 5.56 Å². The van der Waals surface area contributed by atoms with E-state index in [0.717, 1.165) is 24.9 Å². The maximum absolute atomic E-state index is 11.5. The van der Waals surface area contributed by atoms with E-state index in [1.165, 1.54) is 27.8 Å². The lowest BCUT2D eigenvalue weighted by molar-refractivity contribution is 0.0695. The second kappa shape index (κ2) is 9.03. The fourth-order valence-corrected chi connectivity index (χ4v) is 4.77. The third kappa shape index (κ3) is 4.40. The molecular weight excluding hydrogens is 384 g/mol. The normalized spacial score (nSPS) is 16.3. The molecule has 3 aromatic rings. The third-order valence-corrected chi connectivity index (χ3v) is 6.48. The molecule has 4 rings (SSSR count). The molecule has 0 spiro atoms. The molecule has 0 amide bonds. The average molecular weight is 415 g/mol. The SMILES string of the molecule is CC(C)c1ccccc1-c1ccc2c(c1)CCN(C)[C@H]2CCc1cnccc1C(=O)O. The van der Waals surface area contributed by atoms with E-state index in [9.17, 15) is 9.90 Å². The van der Waals surface area contributed by atoms with Crippen LogP contribution in [0.15, 0.2) is 60.9 Å². The standard InChI is InChI=1S/C27H30N2O2/c1-18(2)22-6-4-5-7-23(22)19-8-10-24-20(16-19)13-15-29(3)26(24)11-9-21-17-28-14-12-25(21)27(30)31/h4-8,10,12,14,16-18,26H,9,11,13,15H2,1-3H3,(H,30,31)/t26-/m0/s1. The molecule has 0 radical (unpaired) electrons. The second-order valence-corrected chi connectivity index (χ2v) is 8.78. The topological polar surface area (TPSA) is 53.4 Å². The number of pyridine rings is 1. The van der Waals surface area contributed by atoms with Crippen molar-refractivity contribution >= 4 is 5.97 Å². The van der Waals surface area contributed by atoms with Gasteiger partial charge in [0.15, 0.2) is 0 Å². The summed E-state index contributed by atoms with van der Waals surface area (Å²) in [6, 6.07) is 17.4. The van der Waals surface area contributed by atoms with Gasteiger partial charge in [0.1, 0.15) is 0 Å². The molecule has 160 valence electrons. The number of rotatable bonds is 6. The molecular formula is C27H30N2O2. The highest BCUT2D eigenvalue weighted by atomic mass is 16.4. The van der Waals surface area contributed by atoms with Crippen molar-refractivity contribution in [3.63, 3.8) is 0 Å². The van der Waals surface area contributed by atoms with Crippen molar-refractivity contribution in [2.45, 2.75) is 45.1 Å². The summed E-state index contributed by atoms with van der Waals surface area (Å²) in [5, 5.41) is 9.47. The zero-order valence-corrected chi connectivity index (χ0v) is 18.5. The van der Waals surface area contributed by atoms with Crippen molar-refractivity contribution in [3.05, 3.63) is 88.7 Å². The summed E-state index contributed by atoms with van der Waals surface area (Å²) in [6.45, 7) is 5.49. The predicted octanol–water partition coefficient (Wildman–Crippen LogP) is 5.73. The Balaban J connectivity index is 1.62. The van der Waals surface area contributed by atoms with Crippen LogP contribution in [0.1, 0.15) is 64.8 Å². The predicted molar refractivity (Wildman–Crippen MR) is 125 cm³/mol. The van der Waals surface area contributed by atoms with Gasteiger partial charge in [-0.15, -0.1) is 0 Å². The summed E-state index contributed by atoms with van der Waals surface area (Å²) in [6.07, 6.45) is 5.84. The lowest BCUT2D eigenvalue weighted by atomic mass is 9.85. The van der Waals surface area contributed by atoms with E-state index in [-0.39, 0.29) is 6.04 Å². The molecule has 0 unspecified atom stereocenters. The van der Waals surface area contributed by atoms with E-state index in [1.54, 1.807) is 18.5 Å². The van der Waals surface area contributed by atoms with Gasteiger partial charge in [-0.25, -0.2) is 4.79 Å². The molecule has 1 N–H and O–H groups in total. The minimum Gasteiger partial charge on any atom is -0.478 e. The van der Waals surface area contributed by atoms with Crippen molar-refractivity contribution in [3.8, 4) is 11.1 Å². The van der Waals surface area contributed by atoms with Gasteiger partial charge in [-0.2, -0.15) is 0 Å². The van der Waals surface area contributed by atoms with E-state index in [2.05, 4.69) is 73.2 Å². The summed E-state index contributed by atoms with van der Waals surface area (Å²) in [4.78, 5) is 18.1. The molecule has 2 heterocycles. The molecule has 4 nitrogen and oxygen atoms in total. The monoisotopic (exact) mass is 414 g/mol. The van der Waals surface area contributed by atoms with Crippen LogP contribution in [0, 0.1) is 0 Å². The van der Waals surface area contributed by atoms with Crippen LogP contribution >= 0.6 is 0 Å². The van der Waals surface area contributed by atoms with Crippen LogP contribution in [0.4, 0.5) is 0 Å². The number of aromatic carboxylic acids is 1. The van der Waals surface area contributed by atoms with Crippen molar-refractivity contribution < 1.29 is 9.90 Å². The van der Waals surface area contributed by atoms with Gasteiger partial charge in [-0.3, -0.25) is 9.88 Å². The van der Waals surface area contributed by atoms with Gasteiger partial charge in [0.2, 0.25) is 0 Å². The molecule has 1 atom stereocenters. The molecule has 4 heteroatoms. The average Bonchev–Trinajstić information content (AvgIpc) is 2.78. The highest BCUT2D eigenvalue weighted by Crippen LogP contribution is 2.36. The van der Waals surface area contributed by atoms with Crippen molar-refractivity contribution in [2.24, 2.45) is 0 Å². The number of likely N-dealkylation sites (N-methyl/N-ethyl adjacent to an activating group) is 1. The Morgan fingerprint density at radius 2 is 2.00 bits per heavy atom. The van der Waals surface area contributed by atoms with Crippen LogP contribution in [0.5, 0.6) is 0 Å². The number of aryl methyl sites for hydroxylation is 1. The first-order valence-corrected chi connectivity index (χ1v) is 11.0. The van der Waals surface area contributed by atoms with Crippen LogP contribution in [0.2, 0.25) is 0 Å². The van der Waals surface area contributed by atoms with E-state index in [0.29, 0.717) is 17.9 Å². The van der Waals surface area contributed by atoms with Gasteiger partial charge >= 0.3 is 5.97 Å². The molecule has 0 fully saturated rings. The molecule has 0 bridgehead atoms. The van der Waals surface area contributed by atoms with E-state index in [4.69, 9.17) is 0 Å². The van der Waals surface area contributed by atoms with Gasteiger partial charge < -0.3 is 5.11 Å². The number of carbonyl (C=O) groups is 1. The van der Waals surface area contributed by atoms with Crippen molar-refractivity contribution in [2.75, 3.05) is 13.6 Å². The third-order valence-electron chi connectivity index (χ3n) is 6.48. The zero-order chi connectivity index (χ0) is 22.0. The summed E-state index contributed by atoms with van der Waals surface area (Å²) in [5.41, 5.74) is 7.91. The van der Waals surface area contributed by atoms with Crippen LogP contribution in [0.25, 0.3) is 11.1 Å². The second-order valence-electron chi connectivity index (χ2n) is 8.78. The number of benzene rings is 2. The number of carboxylic acid groups (broad SMARTS) is 1. The van der Waals surface area contributed by atoms with Crippen molar-refractivity contribution in [1.82, 2.24) is 9.88 Å². The largest absolute Gasteiger partial charge is 0.478 e. The summed E-state index contributed by atoms with van der Waals surface area (Å²) >= 11 is 0. The molecule has 2 aromatic carbocycles. The molecule has 0 saturated heterocycles. The molecule has 1 aromatic heterocycles. The first kappa shape index (κ1) is 21.3. The van der Waals surface area contributed by atoms with E-state index < -0.39 is 5.97 Å². The lowest BCUT2D eigenvalue weighted by Gasteiger charge is -2.35. The Hall–Kier alpha value is -2.98. The molecule has 0 aliphatic carbocycles. The lowest BCUT2D eigenvalue weighted by Crippen LogP contribution is -2.32. The fourth-order valence-electron chi connectivity index (χ4n) is 4.77. The van der Waals surface area contributed by atoms with E-state index >= 15 is 0 Å². The number of fused-ring (bicyclic) bond motifs is 1. The Bertz CT molecular complexity index is 1090. The van der Waals surface area contributed by atoms with Gasteiger partial charge in [0, 0.05) is 25.0 Å². The Kier molecular flexibility index (Phi) is 6.19. The maximum Gasteiger partial charge on any atom is 0.336 e. The van der Waals surface area contributed by atoms with Gasteiger partial charge in [-0.1, -0.05) is 56.3 Å². The highest BCUT2D eigenvalue weighted by molar-refractivity contribution is 5.89. The number of aromatic nitrogens is 1.